The van der Waals surface area contributed by atoms with Crippen molar-refractivity contribution in [2.75, 3.05) is 38.5 Å². The first-order valence-corrected chi connectivity index (χ1v) is 11.1. The number of nitrogens with one attached hydrogen (secondary N) is 2. The highest BCUT2D eigenvalue weighted by molar-refractivity contribution is 5.67. The van der Waals surface area contributed by atoms with Gasteiger partial charge in [-0.2, -0.15) is 0 Å². The van der Waals surface area contributed by atoms with Crippen LogP contribution in [0.4, 0.5) is 5.69 Å². The van der Waals surface area contributed by atoms with Crippen LogP contribution in [0.2, 0.25) is 0 Å². The highest BCUT2D eigenvalue weighted by atomic mass is 16.5. The van der Waals surface area contributed by atoms with Crippen LogP contribution in [0.5, 0.6) is 11.8 Å². The number of rotatable bonds is 8. The van der Waals surface area contributed by atoms with Crippen LogP contribution in [0.25, 0.3) is 5.70 Å². The molecule has 1 fully saturated rings. The Balaban J connectivity index is 1.45. The zero-order chi connectivity index (χ0) is 23.0. The third-order valence-electron chi connectivity index (χ3n) is 5.71. The molecule has 2 heterocycles. The molecule has 2 aromatic carbocycles. The summed E-state index contributed by atoms with van der Waals surface area (Å²) < 4.78 is 5.83. The number of likely N-dealkylation sites (N-methyl/N-ethyl adjacent to an activating group) is 1. The third-order valence-corrected chi connectivity index (χ3v) is 5.71. The summed E-state index contributed by atoms with van der Waals surface area (Å²) >= 11 is 0. The molecule has 0 aliphatic carbocycles. The molecule has 1 saturated heterocycles. The van der Waals surface area contributed by atoms with Crippen molar-refractivity contribution in [3.63, 3.8) is 0 Å². The van der Waals surface area contributed by atoms with Gasteiger partial charge >= 0.3 is 6.01 Å². The molecule has 172 valence electrons. The lowest BCUT2D eigenvalue weighted by Crippen LogP contribution is -2.43. The molecule has 0 amide bonds. The standard InChI is InChI=1S/C25H31N7O/c1-19-7-8-22(16-24(19)33-25-27-9-4-10-28-25)29-17-23(30-26)21-6-3-5-20(15-21)18-32-13-11-31(2)12-14-32/h3-10,15-17,29-30H,11-14,18,26H2,1-2H3/b23-17-. The van der Waals surface area contributed by atoms with Gasteiger partial charge < -0.3 is 20.4 Å². The van der Waals surface area contributed by atoms with Gasteiger partial charge in [-0.1, -0.05) is 24.3 Å². The molecule has 0 unspecified atom stereocenters. The fourth-order valence-corrected chi connectivity index (χ4v) is 3.70. The second-order valence-corrected chi connectivity index (χ2v) is 8.24. The highest BCUT2D eigenvalue weighted by Gasteiger charge is 2.14. The van der Waals surface area contributed by atoms with E-state index in [1.165, 1.54) is 5.56 Å². The maximum absolute atomic E-state index is 5.86. The van der Waals surface area contributed by atoms with Gasteiger partial charge in [0.05, 0.1) is 5.70 Å². The summed E-state index contributed by atoms with van der Waals surface area (Å²) in [6, 6.07) is 16.4. The summed E-state index contributed by atoms with van der Waals surface area (Å²) in [6.07, 6.45) is 5.17. The van der Waals surface area contributed by atoms with E-state index in [-0.39, 0.29) is 0 Å². The molecule has 1 aliphatic heterocycles. The number of benzene rings is 2. The van der Waals surface area contributed by atoms with Gasteiger partial charge in [0.1, 0.15) is 5.75 Å². The number of aryl methyl sites for hydroxylation is 1. The summed E-state index contributed by atoms with van der Waals surface area (Å²) in [5, 5.41) is 3.31. The van der Waals surface area contributed by atoms with E-state index in [4.69, 9.17) is 10.6 Å². The van der Waals surface area contributed by atoms with E-state index in [0.717, 1.165) is 55.2 Å². The van der Waals surface area contributed by atoms with Crippen molar-refractivity contribution in [2.24, 2.45) is 5.84 Å². The molecule has 0 saturated carbocycles. The molecule has 0 atom stereocenters. The molecule has 0 spiro atoms. The molecule has 1 aromatic heterocycles. The largest absolute Gasteiger partial charge is 0.424 e. The third kappa shape index (κ3) is 6.29. The Morgan fingerprint density at radius 1 is 1.06 bits per heavy atom. The molecule has 33 heavy (non-hydrogen) atoms. The molecule has 8 heteroatoms. The molecule has 4 N–H and O–H groups in total. The number of hydrogen-bond donors (Lipinski definition) is 3. The summed E-state index contributed by atoms with van der Waals surface area (Å²) in [4.78, 5) is 13.1. The SMILES string of the molecule is Cc1ccc(N/C=C(\NN)c2cccc(CN3CCN(C)CC3)c2)cc1Oc1ncccn1. The van der Waals surface area contributed by atoms with Crippen molar-refractivity contribution in [3.05, 3.63) is 83.8 Å². The highest BCUT2D eigenvalue weighted by Crippen LogP contribution is 2.26. The van der Waals surface area contributed by atoms with Crippen LogP contribution in [-0.2, 0) is 6.54 Å². The first-order valence-electron chi connectivity index (χ1n) is 11.1. The van der Waals surface area contributed by atoms with Crippen LogP contribution in [0.15, 0.2) is 67.1 Å². The van der Waals surface area contributed by atoms with Crippen molar-refractivity contribution in [2.45, 2.75) is 13.5 Å². The average Bonchev–Trinajstić information content (AvgIpc) is 2.84. The Hall–Kier alpha value is -3.46. The molecule has 3 aromatic rings. The van der Waals surface area contributed by atoms with E-state index >= 15 is 0 Å². The minimum Gasteiger partial charge on any atom is -0.424 e. The Labute approximate surface area is 195 Å². The molecule has 4 rings (SSSR count). The number of nitrogens with two attached hydrogens (primary N) is 1. The Morgan fingerprint density at radius 3 is 2.61 bits per heavy atom. The van der Waals surface area contributed by atoms with Crippen molar-refractivity contribution in [1.29, 1.82) is 0 Å². The van der Waals surface area contributed by atoms with Crippen LogP contribution in [-0.4, -0.2) is 53.0 Å². The van der Waals surface area contributed by atoms with E-state index in [0.29, 0.717) is 11.8 Å². The number of hydrazine groups is 1. The maximum atomic E-state index is 5.86. The predicted octanol–water partition coefficient (Wildman–Crippen LogP) is 3.20. The van der Waals surface area contributed by atoms with Gasteiger partial charge in [0.25, 0.3) is 0 Å². The number of aromatic nitrogens is 2. The van der Waals surface area contributed by atoms with Crippen LogP contribution >= 0.6 is 0 Å². The normalized spacial score (nSPS) is 15.3. The average molecular weight is 446 g/mol. The van der Waals surface area contributed by atoms with Gasteiger partial charge in [0, 0.05) is 68.6 Å². The van der Waals surface area contributed by atoms with Crippen molar-refractivity contribution >= 4 is 11.4 Å². The molecular formula is C25H31N7O. The monoisotopic (exact) mass is 445 g/mol. The Morgan fingerprint density at radius 2 is 1.85 bits per heavy atom. The fraction of sp³-hybridized carbons (Fsp3) is 0.280. The summed E-state index contributed by atoms with van der Waals surface area (Å²) in [6.45, 7) is 7.32. The zero-order valence-corrected chi connectivity index (χ0v) is 19.2. The summed E-state index contributed by atoms with van der Waals surface area (Å²) in [5.41, 5.74) is 7.77. The molecular weight excluding hydrogens is 414 g/mol. The number of hydrogen-bond acceptors (Lipinski definition) is 8. The fourth-order valence-electron chi connectivity index (χ4n) is 3.70. The maximum Gasteiger partial charge on any atom is 0.321 e. The van der Waals surface area contributed by atoms with Gasteiger partial charge in [-0.25, -0.2) is 9.97 Å². The Kier molecular flexibility index (Phi) is 7.51. The minimum atomic E-state index is 0.315. The van der Waals surface area contributed by atoms with E-state index in [9.17, 15) is 0 Å². The van der Waals surface area contributed by atoms with Gasteiger partial charge in [-0.05, 0) is 43.3 Å². The van der Waals surface area contributed by atoms with Crippen LogP contribution in [0.1, 0.15) is 16.7 Å². The number of piperazine rings is 1. The minimum absolute atomic E-state index is 0.315. The lowest BCUT2D eigenvalue weighted by atomic mass is 10.1. The van der Waals surface area contributed by atoms with E-state index in [1.807, 2.05) is 31.3 Å². The van der Waals surface area contributed by atoms with Crippen molar-refractivity contribution in [3.8, 4) is 11.8 Å². The van der Waals surface area contributed by atoms with Gasteiger partial charge in [-0.15, -0.1) is 0 Å². The first kappa shape index (κ1) is 22.7. The lowest BCUT2D eigenvalue weighted by molar-refractivity contribution is 0.148. The number of ether oxygens (including phenoxy) is 1. The predicted molar refractivity (Wildman–Crippen MR) is 131 cm³/mol. The second-order valence-electron chi connectivity index (χ2n) is 8.24. The quantitative estimate of drug-likeness (QED) is 0.360. The summed E-state index contributed by atoms with van der Waals surface area (Å²) in [7, 11) is 2.17. The van der Waals surface area contributed by atoms with E-state index in [1.54, 1.807) is 18.5 Å². The molecule has 0 bridgehead atoms. The van der Waals surface area contributed by atoms with Gasteiger partial charge in [0.2, 0.25) is 0 Å². The summed E-state index contributed by atoms with van der Waals surface area (Å²) in [5.74, 6) is 6.55. The molecule has 0 radical (unpaired) electrons. The zero-order valence-electron chi connectivity index (χ0n) is 19.2. The Bertz CT molecular complexity index is 1080. The van der Waals surface area contributed by atoms with Gasteiger partial charge in [0.15, 0.2) is 0 Å². The number of anilines is 1. The molecule has 1 aliphatic rings. The van der Waals surface area contributed by atoms with Gasteiger partial charge in [-0.3, -0.25) is 10.7 Å². The van der Waals surface area contributed by atoms with E-state index < -0.39 is 0 Å². The molecule has 8 nitrogen and oxygen atoms in total. The van der Waals surface area contributed by atoms with Crippen LogP contribution in [0, 0.1) is 6.92 Å². The van der Waals surface area contributed by atoms with Crippen LogP contribution < -0.4 is 21.3 Å². The lowest BCUT2D eigenvalue weighted by Gasteiger charge is -2.32. The first-order chi connectivity index (χ1) is 16.1. The smallest absolute Gasteiger partial charge is 0.321 e. The number of nitrogens with zero attached hydrogens (tertiary/aromatic N) is 4. The van der Waals surface area contributed by atoms with Crippen molar-refractivity contribution in [1.82, 2.24) is 25.2 Å². The van der Waals surface area contributed by atoms with E-state index in [2.05, 4.69) is 61.8 Å². The van der Waals surface area contributed by atoms with Crippen LogP contribution in [0.3, 0.4) is 0 Å². The topological polar surface area (TPSA) is 91.6 Å². The second kappa shape index (κ2) is 10.9. The van der Waals surface area contributed by atoms with Crippen molar-refractivity contribution < 1.29 is 4.74 Å².